The number of aromatic nitrogens is 7. The van der Waals surface area contributed by atoms with Crippen LogP contribution in [0.15, 0.2) is 70.2 Å². The van der Waals surface area contributed by atoms with Gasteiger partial charge in [-0.25, -0.2) is 33.3 Å². The maximum atomic E-state index is 12.0. The number of benzene rings is 1. The lowest BCUT2D eigenvalue weighted by molar-refractivity contribution is 0.729. The van der Waals surface area contributed by atoms with E-state index >= 15 is 0 Å². The lowest BCUT2D eigenvalue weighted by atomic mass is 10.3. The van der Waals surface area contributed by atoms with E-state index in [1.54, 1.807) is 25.2 Å². The molecule has 0 saturated heterocycles. The molecular weight excluding hydrogens is 424 g/mol. The Morgan fingerprint density at radius 3 is 1.72 bits per heavy atom. The van der Waals surface area contributed by atoms with Crippen LogP contribution in [0.1, 0.15) is 5.69 Å². The highest BCUT2D eigenvalue weighted by atomic mass is 16.2. The van der Waals surface area contributed by atoms with Gasteiger partial charge in [-0.3, -0.25) is 24.9 Å². The molecule has 3 heterocycles. The molecule has 4 aromatic rings. The van der Waals surface area contributed by atoms with Crippen molar-refractivity contribution in [2.45, 2.75) is 0 Å². The number of hydrogen-bond acceptors (Lipinski definition) is 7. The van der Waals surface area contributed by atoms with Crippen molar-refractivity contribution < 1.29 is 0 Å². The monoisotopic (exact) mass is 438 g/mol. The molecule has 0 aliphatic rings. The Hall–Kier alpha value is -5.01. The van der Waals surface area contributed by atoms with E-state index in [-0.39, 0.29) is 11.5 Å². The molecule has 162 valence electrons. The second-order valence-electron chi connectivity index (χ2n) is 6.50. The van der Waals surface area contributed by atoms with Gasteiger partial charge in [-0.15, -0.1) is 0 Å². The predicted molar refractivity (Wildman–Crippen MR) is 113 cm³/mol. The Bertz CT molecular complexity index is 1640. The van der Waals surface area contributed by atoms with Gasteiger partial charge < -0.3 is 4.57 Å². The average molecular weight is 438 g/mol. The molecule has 4 N–H and O–H groups in total. The summed E-state index contributed by atoms with van der Waals surface area (Å²) in [5, 5.41) is 0. The van der Waals surface area contributed by atoms with E-state index in [1.807, 2.05) is 19.9 Å². The molecule has 4 rings (SSSR count). The molecule has 0 fully saturated rings. The molecule has 14 heteroatoms. The van der Waals surface area contributed by atoms with Crippen LogP contribution < -0.4 is 34.1 Å². The summed E-state index contributed by atoms with van der Waals surface area (Å²) in [5.74, 6) is 0.209. The van der Waals surface area contributed by atoms with Crippen LogP contribution in [0.25, 0.3) is 11.5 Å². The van der Waals surface area contributed by atoms with E-state index in [0.717, 1.165) is 9.13 Å². The summed E-state index contributed by atoms with van der Waals surface area (Å²) in [6.45, 7) is 0. The van der Waals surface area contributed by atoms with Crippen LogP contribution in [0.4, 0.5) is 5.69 Å². The summed E-state index contributed by atoms with van der Waals surface area (Å²) in [6.07, 6.45) is 1.47. The molecule has 0 unspecified atom stereocenters. The Labute approximate surface area is 174 Å². The molecule has 3 aromatic heterocycles. The zero-order valence-electron chi connectivity index (χ0n) is 16.3. The molecule has 0 spiro atoms. The number of hydrogen-bond donors (Lipinski definition) is 4. The van der Waals surface area contributed by atoms with Gasteiger partial charge in [0.05, 0.1) is 23.3 Å². The first-order valence-corrected chi connectivity index (χ1v) is 8.96. The van der Waals surface area contributed by atoms with Gasteiger partial charge in [-0.05, 0) is 36.4 Å². The first-order chi connectivity index (χ1) is 15.2. The molecule has 1 aromatic carbocycles. The van der Waals surface area contributed by atoms with Crippen LogP contribution in [0, 0.1) is 0 Å². The molecule has 0 bridgehead atoms. The van der Waals surface area contributed by atoms with Gasteiger partial charge in [0.1, 0.15) is 5.82 Å². The molecule has 0 radical (unpaired) electrons. The van der Waals surface area contributed by atoms with Crippen LogP contribution in [-0.2, 0) is 7.05 Å². The van der Waals surface area contributed by atoms with Gasteiger partial charge >= 0.3 is 34.1 Å². The van der Waals surface area contributed by atoms with Crippen molar-refractivity contribution in [2.24, 2.45) is 12.0 Å². The minimum absolute atomic E-state index is 0.209. The molecule has 0 aliphatic heterocycles. The highest BCUT2D eigenvalue weighted by molar-refractivity contribution is 5.81. The minimum atomic E-state index is -0.901. The molecule has 0 atom stereocenters. The molecule has 0 amide bonds. The van der Waals surface area contributed by atoms with Crippen molar-refractivity contribution in [1.29, 1.82) is 0 Å². The second-order valence-corrected chi connectivity index (χ2v) is 6.50. The van der Waals surface area contributed by atoms with Crippen molar-refractivity contribution in [3.05, 3.63) is 105 Å². The maximum Gasteiger partial charge on any atom is 0.339 e. The van der Waals surface area contributed by atoms with E-state index < -0.39 is 34.1 Å². The summed E-state index contributed by atoms with van der Waals surface area (Å²) in [4.78, 5) is 82.3. The van der Waals surface area contributed by atoms with Crippen LogP contribution in [-0.4, -0.2) is 39.9 Å². The molecule has 32 heavy (non-hydrogen) atoms. The first-order valence-electron chi connectivity index (χ1n) is 8.96. The van der Waals surface area contributed by atoms with Crippen molar-refractivity contribution >= 4 is 11.9 Å². The smallest absolute Gasteiger partial charge is 0.329 e. The second kappa shape index (κ2) is 7.67. The van der Waals surface area contributed by atoms with Crippen molar-refractivity contribution in [3.63, 3.8) is 0 Å². The largest absolute Gasteiger partial charge is 0.339 e. The Morgan fingerprint density at radius 1 is 0.688 bits per heavy atom. The standard InChI is InChI=1S/C18H14N8O6/c1-24-11(6-7-12(24)26-17(31)22-14(28)23-18(26)32)8-19-9-2-4-10(5-3-9)25-15(29)20-13(27)21-16(25)30/h2-8H,1H3,(H2,20,21,27,29,30)(H2,22,23,28,31,32). The topological polar surface area (TPSA) is 193 Å². The fourth-order valence-electron chi connectivity index (χ4n) is 3.00. The number of aliphatic imine (C=N–C) groups is 1. The summed E-state index contributed by atoms with van der Waals surface area (Å²) < 4.78 is 3.05. The van der Waals surface area contributed by atoms with Crippen molar-refractivity contribution in [2.75, 3.05) is 0 Å². The van der Waals surface area contributed by atoms with Crippen LogP contribution in [0.3, 0.4) is 0 Å². The number of rotatable bonds is 4. The Kier molecular flexibility index (Phi) is 4.86. The van der Waals surface area contributed by atoms with Gasteiger partial charge in [0.15, 0.2) is 0 Å². The predicted octanol–water partition coefficient (Wildman–Crippen LogP) is -2.17. The third kappa shape index (κ3) is 3.62. The molecule has 14 nitrogen and oxygen atoms in total. The minimum Gasteiger partial charge on any atom is -0.329 e. The number of aromatic amines is 4. The van der Waals surface area contributed by atoms with Crippen LogP contribution in [0.5, 0.6) is 0 Å². The van der Waals surface area contributed by atoms with Crippen LogP contribution in [0.2, 0.25) is 0 Å². The van der Waals surface area contributed by atoms with Gasteiger partial charge in [0.25, 0.3) is 0 Å². The number of H-pyrrole nitrogens is 4. The summed E-state index contributed by atoms with van der Waals surface area (Å²) in [6, 6.07) is 9.15. The zero-order valence-corrected chi connectivity index (χ0v) is 16.3. The van der Waals surface area contributed by atoms with E-state index in [1.165, 1.54) is 29.0 Å². The average Bonchev–Trinajstić information content (AvgIpc) is 3.06. The number of nitrogens with zero attached hydrogens (tertiary/aromatic N) is 4. The lowest BCUT2D eigenvalue weighted by Gasteiger charge is -2.06. The summed E-state index contributed by atoms with van der Waals surface area (Å²) in [5.41, 5.74) is -4.08. The quantitative estimate of drug-likeness (QED) is 0.262. The SMILES string of the molecule is Cn1c(C=Nc2ccc(-n3c(=O)[nH]c(=O)[nH]c3=O)cc2)ccc1-n1c(=O)[nH]c(=O)[nH]c1=O. The van der Waals surface area contributed by atoms with E-state index in [9.17, 15) is 28.8 Å². The fourth-order valence-corrected chi connectivity index (χ4v) is 3.00. The van der Waals surface area contributed by atoms with Crippen molar-refractivity contribution in [3.8, 4) is 11.5 Å². The lowest BCUT2D eigenvalue weighted by Crippen LogP contribution is -2.42. The highest BCUT2D eigenvalue weighted by Gasteiger charge is 2.11. The highest BCUT2D eigenvalue weighted by Crippen LogP contribution is 2.15. The maximum absolute atomic E-state index is 12.0. The zero-order chi connectivity index (χ0) is 23.0. The van der Waals surface area contributed by atoms with Gasteiger partial charge in [-0.2, -0.15) is 4.57 Å². The molecular formula is C18H14N8O6. The van der Waals surface area contributed by atoms with Gasteiger partial charge in [-0.1, -0.05) is 0 Å². The normalized spacial score (nSPS) is 11.3. The summed E-state index contributed by atoms with van der Waals surface area (Å²) >= 11 is 0. The van der Waals surface area contributed by atoms with Crippen LogP contribution >= 0.6 is 0 Å². The van der Waals surface area contributed by atoms with Crippen molar-refractivity contribution in [1.82, 2.24) is 33.6 Å². The van der Waals surface area contributed by atoms with E-state index in [4.69, 9.17) is 0 Å². The molecule has 0 saturated carbocycles. The number of nitrogens with one attached hydrogen (secondary N) is 4. The van der Waals surface area contributed by atoms with E-state index in [2.05, 4.69) is 4.99 Å². The molecule has 0 aliphatic carbocycles. The Balaban J connectivity index is 1.65. The fraction of sp³-hybridized carbons (Fsp3) is 0.0556. The third-order valence-corrected chi connectivity index (χ3v) is 4.51. The summed E-state index contributed by atoms with van der Waals surface area (Å²) in [7, 11) is 1.60. The van der Waals surface area contributed by atoms with Gasteiger partial charge in [0, 0.05) is 7.05 Å². The third-order valence-electron chi connectivity index (χ3n) is 4.51. The van der Waals surface area contributed by atoms with E-state index in [0.29, 0.717) is 11.4 Å². The van der Waals surface area contributed by atoms with Gasteiger partial charge in [0.2, 0.25) is 0 Å². The first kappa shape index (κ1) is 20.3. The Morgan fingerprint density at radius 2 is 1.19 bits per heavy atom.